The van der Waals surface area contributed by atoms with E-state index < -0.39 is 4.92 Å². The van der Waals surface area contributed by atoms with Gasteiger partial charge in [-0.2, -0.15) is 0 Å². The number of anilines is 1. The van der Waals surface area contributed by atoms with Crippen molar-refractivity contribution < 1.29 is 4.92 Å². The largest absolute Gasteiger partial charge is 0.370 e. The highest BCUT2D eigenvalue weighted by Crippen LogP contribution is 2.68. The van der Waals surface area contributed by atoms with Crippen molar-refractivity contribution in [2.24, 2.45) is 16.7 Å². The van der Waals surface area contributed by atoms with Gasteiger partial charge < -0.3 is 5.32 Å². The summed E-state index contributed by atoms with van der Waals surface area (Å²) >= 11 is 0. The zero-order chi connectivity index (χ0) is 13.6. The van der Waals surface area contributed by atoms with Crippen LogP contribution in [0, 0.1) is 26.9 Å². The summed E-state index contributed by atoms with van der Waals surface area (Å²) in [5.74, 6) is 1.13. The standard InChI is InChI=1S/C13H19N3O2/c1-12(2)10(13(12,3)4)8-15-11-7-9(16(17)18)5-6-14-11/h5-7,10H,8H2,1-4H3,(H,14,15). The third-order valence-electron chi connectivity index (χ3n) is 4.76. The van der Waals surface area contributed by atoms with Crippen molar-refractivity contribution in [2.75, 3.05) is 11.9 Å². The molecule has 0 spiro atoms. The van der Waals surface area contributed by atoms with Gasteiger partial charge in [0.2, 0.25) is 0 Å². The fraction of sp³-hybridized carbons (Fsp3) is 0.615. The number of nitrogens with zero attached hydrogens (tertiary/aromatic N) is 2. The molecule has 2 rings (SSSR count). The van der Waals surface area contributed by atoms with Crippen molar-refractivity contribution in [1.82, 2.24) is 4.98 Å². The molecule has 18 heavy (non-hydrogen) atoms. The molecule has 0 saturated heterocycles. The van der Waals surface area contributed by atoms with Crippen LogP contribution >= 0.6 is 0 Å². The Balaban J connectivity index is 2.00. The summed E-state index contributed by atoms with van der Waals surface area (Å²) in [5, 5.41) is 13.9. The fourth-order valence-corrected chi connectivity index (χ4v) is 2.68. The first-order valence-electron chi connectivity index (χ1n) is 6.11. The van der Waals surface area contributed by atoms with Gasteiger partial charge in [-0.05, 0) is 16.7 Å². The van der Waals surface area contributed by atoms with Gasteiger partial charge in [-0.3, -0.25) is 10.1 Å². The lowest BCUT2D eigenvalue weighted by atomic mass is 10.0. The molecule has 0 aromatic carbocycles. The number of nitrogens with one attached hydrogen (secondary N) is 1. The minimum Gasteiger partial charge on any atom is -0.370 e. The Kier molecular flexibility index (Phi) is 2.80. The summed E-state index contributed by atoms with van der Waals surface area (Å²) in [6.45, 7) is 9.80. The molecular weight excluding hydrogens is 230 g/mol. The molecule has 1 heterocycles. The molecule has 1 aliphatic rings. The van der Waals surface area contributed by atoms with E-state index in [1.165, 1.54) is 18.3 Å². The number of hydrogen-bond donors (Lipinski definition) is 1. The minimum absolute atomic E-state index is 0.0711. The molecule has 1 aromatic rings. The van der Waals surface area contributed by atoms with E-state index >= 15 is 0 Å². The average molecular weight is 249 g/mol. The van der Waals surface area contributed by atoms with Crippen LogP contribution in [-0.4, -0.2) is 16.5 Å². The van der Waals surface area contributed by atoms with Crippen LogP contribution in [0.3, 0.4) is 0 Å². The number of rotatable bonds is 4. The van der Waals surface area contributed by atoms with E-state index in [1.807, 2.05) is 0 Å². The van der Waals surface area contributed by atoms with Gasteiger partial charge in [-0.25, -0.2) is 4.98 Å². The van der Waals surface area contributed by atoms with Crippen LogP contribution in [0.1, 0.15) is 27.7 Å². The summed E-state index contributed by atoms with van der Waals surface area (Å²) in [7, 11) is 0. The highest BCUT2D eigenvalue weighted by molar-refractivity contribution is 5.44. The van der Waals surface area contributed by atoms with Gasteiger partial charge in [0.25, 0.3) is 5.69 Å². The van der Waals surface area contributed by atoms with E-state index in [0.717, 1.165) is 6.54 Å². The van der Waals surface area contributed by atoms with E-state index in [0.29, 0.717) is 22.6 Å². The number of hydrogen-bond acceptors (Lipinski definition) is 4. The van der Waals surface area contributed by atoms with Crippen molar-refractivity contribution in [1.29, 1.82) is 0 Å². The maximum Gasteiger partial charge on any atom is 0.274 e. The van der Waals surface area contributed by atoms with Gasteiger partial charge in [-0.15, -0.1) is 0 Å². The Morgan fingerprint density at radius 2 is 2.00 bits per heavy atom. The van der Waals surface area contributed by atoms with E-state index in [9.17, 15) is 10.1 Å². The normalized spacial score (nSPS) is 20.4. The van der Waals surface area contributed by atoms with Crippen molar-refractivity contribution in [2.45, 2.75) is 27.7 Å². The van der Waals surface area contributed by atoms with Gasteiger partial charge in [0.15, 0.2) is 0 Å². The second-order valence-corrected chi connectivity index (χ2v) is 6.03. The summed E-state index contributed by atoms with van der Waals surface area (Å²) < 4.78 is 0. The average Bonchev–Trinajstić information content (AvgIpc) is 2.67. The lowest BCUT2D eigenvalue weighted by molar-refractivity contribution is -0.384. The van der Waals surface area contributed by atoms with Gasteiger partial charge in [0.1, 0.15) is 5.82 Å². The molecule has 0 amide bonds. The monoisotopic (exact) mass is 249 g/mol. The van der Waals surface area contributed by atoms with E-state index in [2.05, 4.69) is 38.0 Å². The Hall–Kier alpha value is -1.65. The lowest BCUT2D eigenvalue weighted by Gasteiger charge is -2.06. The van der Waals surface area contributed by atoms with E-state index in [-0.39, 0.29) is 5.69 Å². The molecular formula is C13H19N3O2. The maximum absolute atomic E-state index is 10.7. The molecule has 5 nitrogen and oxygen atoms in total. The Morgan fingerprint density at radius 3 is 2.50 bits per heavy atom. The number of nitro groups is 1. The summed E-state index contributed by atoms with van der Waals surface area (Å²) in [6.07, 6.45) is 1.46. The molecule has 98 valence electrons. The van der Waals surface area contributed by atoms with Crippen LogP contribution in [0.5, 0.6) is 0 Å². The Bertz CT molecular complexity index is 469. The minimum atomic E-state index is -0.405. The van der Waals surface area contributed by atoms with E-state index in [4.69, 9.17) is 0 Å². The lowest BCUT2D eigenvalue weighted by Crippen LogP contribution is -2.09. The zero-order valence-corrected chi connectivity index (χ0v) is 11.2. The SMILES string of the molecule is CC1(C)C(CNc2cc([N+](=O)[O-])ccn2)C1(C)C. The van der Waals surface area contributed by atoms with Gasteiger partial charge >= 0.3 is 0 Å². The molecule has 0 atom stereocenters. The molecule has 1 aliphatic carbocycles. The fourth-order valence-electron chi connectivity index (χ4n) is 2.68. The van der Waals surface area contributed by atoms with Crippen molar-refractivity contribution in [3.63, 3.8) is 0 Å². The number of pyridine rings is 1. The zero-order valence-electron chi connectivity index (χ0n) is 11.2. The van der Waals surface area contributed by atoms with Crippen LogP contribution in [-0.2, 0) is 0 Å². The van der Waals surface area contributed by atoms with Gasteiger partial charge in [-0.1, -0.05) is 27.7 Å². The first kappa shape index (κ1) is 12.8. The quantitative estimate of drug-likeness (QED) is 0.657. The highest BCUT2D eigenvalue weighted by Gasteiger charge is 2.64. The summed E-state index contributed by atoms with van der Waals surface area (Å²) in [4.78, 5) is 14.4. The van der Waals surface area contributed by atoms with Crippen LogP contribution in [0.15, 0.2) is 18.3 Å². The molecule has 0 aliphatic heterocycles. The molecule has 1 saturated carbocycles. The van der Waals surface area contributed by atoms with Crippen molar-refractivity contribution >= 4 is 11.5 Å². The highest BCUT2D eigenvalue weighted by atomic mass is 16.6. The summed E-state index contributed by atoms with van der Waals surface area (Å²) in [6, 6.07) is 2.87. The first-order valence-corrected chi connectivity index (χ1v) is 6.11. The van der Waals surface area contributed by atoms with Crippen LogP contribution in [0.25, 0.3) is 0 Å². The predicted octanol–water partition coefficient (Wildman–Crippen LogP) is 3.08. The smallest absolute Gasteiger partial charge is 0.274 e. The third-order valence-corrected chi connectivity index (χ3v) is 4.76. The molecule has 0 bridgehead atoms. The number of aromatic nitrogens is 1. The first-order chi connectivity index (χ1) is 8.26. The van der Waals surface area contributed by atoms with E-state index in [1.54, 1.807) is 0 Å². The Morgan fingerprint density at radius 1 is 1.39 bits per heavy atom. The maximum atomic E-state index is 10.7. The molecule has 1 fully saturated rings. The van der Waals surface area contributed by atoms with Crippen LogP contribution in [0.2, 0.25) is 0 Å². The molecule has 0 unspecified atom stereocenters. The second-order valence-electron chi connectivity index (χ2n) is 6.03. The molecule has 1 N–H and O–H groups in total. The topological polar surface area (TPSA) is 68.1 Å². The van der Waals surface area contributed by atoms with Gasteiger partial charge in [0.05, 0.1) is 11.0 Å². The molecule has 1 aromatic heterocycles. The summed E-state index contributed by atoms with van der Waals surface area (Å²) in [5.41, 5.74) is 0.684. The van der Waals surface area contributed by atoms with Crippen molar-refractivity contribution in [3.8, 4) is 0 Å². The molecule has 0 radical (unpaired) electrons. The van der Waals surface area contributed by atoms with Crippen LogP contribution in [0.4, 0.5) is 11.5 Å². The van der Waals surface area contributed by atoms with Gasteiger partial charge in [0, 0.05) is 18.8 Å². The van der Waals surface area contributed by atoms with Crippen molar-refractivity contribution in [3.05, 3.63) is 28.4 Å². The third kappa shape index (κ3) is 1.94. The Labute approximate surface area is 107 Å². The second kappa shape index (κ2) is 3.93. The predicted molar refractivity (Wildman–Crippen MR) is 70.4 cm³/mol. The van der Waals surface area contributed by atoms with Crippen LogP contribution < -0.4 is 5.32 Å². The molecule has 5 heteroatoms.